The molecule has 4 aromatic rings. The number of ether oxygens (including phenoxy) is 1. The third kappa shape index (κ3) is 7.43. The van der Waals surface area contributed by atoms with Gasteiger partial charge in [-0.25, -0.2) is 4.98 Å². The molecule has 0 fully saturated rings. The van der Waals surface area contributed by atoms with E-state index in [9.17, 15) is 14.4 Å². The number of anilines is 1. The molecule has 0 unspecified atom stereocenters. The molecule has 0 aliphatic rings. The zero-order valence-corrected chi connectivity index (χ0v) is 24.8. The van der Waals surface area contributed by atoms with E-state index in [2.05, 4.69) is 20.6 Å². The number of halogens is 2. The van der Waals surface area contributed by atoms with Gasteiger partial charge in [0.2, 0.25) is 11.8 Å². The molecule has 216 valence electrons. The summed E-state index contributed by atoms with van der Waals surface area (Å²) in [5.41, 5.74) is 4.24. The molecule has 0 saturated carbocycles. The van der Waals surface area contributed by atoms with E-state index in [-0.39, 0.29) is 30.0 Å². The quantitative estimate of drug-likeness (QED) is 0.235. The van der Waals surface area contributed by atoms with Crippen LogP contribution in [-0.4, -0.2) is 47.8 Å². The monoisotopic (exact) mass is 605 g/mol. The Morgan fingerprint density at radius 3 is 2.52 bits per heavy atom. The average Bonchev–Trinajstić information content (AvgIpc) is 2.99. The van der Waals surface area contributed by atoms with E-state index in [4.69, 9.17) is 27.9 Å². The minimum atomic E-state index is -0.450. The van der Waals surface area contributed by atoms with E-state index in [0.29, 0.717) is 45.2 Å². The lowest BCUT2D eigenvalue weighted by atomic mass is 10.1. The van der Waals surface area contributed by atoms with Crippen molar-refractivity contribution < 1.29 is 19.1 Å². The van der Waals surface area contributed by atoms with Crippen LogP contribution in [0.5, 0.6) is 5.75 Å². The summed E-state index contributed by atoms with van der Waals surface area (Å²) in [6, 6.07) is 15.5. The summed E-state index contributed by atoms with van der Waals surface area (Å²) in [6.07, 6.45) is 4.60. The molecule has 42 heavy (non-hydrogen) atoms. The van der Waals surface area contributed by atoms with Crippen molar-refractivity contribution in [3.8, 4) is 5.75 Å². The molecular weight excluding hydrogens is 577 g/mol. The van der Waals surface area contributed by atoms with Gasteiger partial charge in [0.1, 0.15) is 17.9 Å². The number of nitrogens with one attached hydrogen (secondary N) is 2. The van der Waals surface area contributed by atoms with Gasteiger partial charge in [-0.2, -0.15) is 0 Å². The number of rotatable bonds is 10. The van der Waals surface area contributed by atoms with Gasteiger partial charge in [0, 0.05) is 42.0 Å². The predicted octanol–water partition coefficient (Wildman–Crippen LogP) is 5.37. The first kappa shape index (κ1) is 30.5. The van der Waals surface area contributed by atoms with Gasteiger partial charge in [0.15, 0.2) is 0 Å². The minimum absolute atomic E-state index is 0.0358. The molecule has 11 heteroatoms. The second-order valence-electron chi connectivity index (χ2n) is 9.27. The number of benzene rings is 3. The van der Waals surface area contributed by atoms with Crippen molar-refractivity contribution in [3.05, 3.63) is 99.3 Å². The molecule has 1 aromatic heterocycles. The summed E-state index contributed by atoms with van der Waals surface area (Å²) in [7, 11) is 1.56. The number of fused-ring (bicyclic) bond motifs is 1. The number of aromatic nitrogens is 2. The van der Waals surface area contributed by atoms with E-state index >= 15 is 0 Å². The standard InChI is InChI=1S/C31H29Cl2N5O4/c1-4-34-31(41)21-11-8-20(9-12-21)10-15-27(39)36-17-28(40)38(3)25-14-13-23(32)22(29(25)33)18-42-26-7-5-6-24-30(26)37-19(2)16-35-24/h5-16H,4,17-18H2,1-3H3,(H,34,41)(H,36,39)/b15-10+. The number of likely N-dealkylation sites (N-methyl/N-ethyl adjacent to an activating group) is 1. The van der Waals surface area contributed by atoms with Crippen LogP contribution in [0.4, 0.5) is 5.69 Å². The van der Waals surface area contributed by atoms with Crippen LogP contribution in [0.2, 0.25) is 10.0 Å². The number of hydrogen-bond acceptors (Lipinski definition) is 6. The van der Waals surface area contributed by atoms with Crippen molar-refractivity contribution in [2.75, 3.05) is 25.0 Å². The molecule has 0 aliphatic heterocycles. The van der Waals surface area contributed by atoms with Crippen molar-refractivity contribution in [1.29, 1.82) is 0 Å². The second-order valence-corrected chi connectivity index (χ2v) is 10.1. The van der Waals surface area contributed by atoms with Crippen molar-refractivity contribution in [2.24, 2.45) is 0 Å². The summed E-state index contributed by atoms with van der Waals surface area (Å²) in [5, 5.41) is 5.93. The number of para-hydroxylation sites is 1. The normalized spacial score (nSPS) is 11.0. The largest absolute Gasteiger partial charge is 0.486 e. The molecule has 3 aromatic carbocycles. The lowest BCUT2D eigenvalue weighted by molar-refractivity contribution is -0.122. The number of hydrogen-bond donors (Lipinski definition) is 2. The van der Waals surface area contributed by atoms with Gasteiger partial charge in [-0.1, -0.05) is 41.4 Å². The highest BCUT2D eigenvalue weighted by Crippen LogP contribution is 2.35. The van der Waals surface area contributed by atoms with Crippen LogP contribution in [-0.2, 0) is 16.2 Å². The van der Waals surface area contributed by atoms with Crippen LogP contribution >= 0.6 is 23.2 Å². The highest BCUT2D eigenvalue weighted by molar-refractivity contribution is 6.38. The molecule has 0 bridgehead atoms. The highest BCUT2D eigenvalue weighted by Gasteiger charge is 2.19. The molecule has 0 atom stereocenters. The van der Waals surface area contributed by atoms with Crippen molar-refractivity contribution in [3.63, 3.8) is 0 Å². The van der Waals surface area contributed by atoms with E-state index in [1.165, 1.54) is 11.0 Å². The maximum absolute atomic E-state index is 12.9. The number of carbonyl (C=O) groups is 3. The topological polar surface area (TPSA) is 114 Å². The second kappa shape index (κ2) is 13.9. The highest BCUT2D eigenvalue weighted by atomic mass is 35.5. The van der Waals surface area contributed by atoms with Crippen LogP contribution < -0.4 is 20.3 Å². The minimum Gasteiger partial charge on any atom is -0.486 e. The van der Waals surface area contributed by atoms with Crippen LogP contribution in [0.25, 0.3) is 17.1 Å². The number of amides is 3. The van der Waals surface area contributed by atoms with E-state index in [1.807, 2.05) is 26.0 Å². The van der Waals surface area contributed by atoms with Gasteiger partial charge in [-0.15, -0.1) is 0 Å². The Morgan fingerprint density at radius 1 is 1.02 bits per heavy atom. The van der Waals surface area contributed by atoms with Crippen LogP contribution in [0.1, 0.15) is 34.1 Å². The summed E-state index contributed by atoms with van der Waals surface area (Å²) in [4.78, 5) is 47.3. The fourth-order valence-electron chi connectivity index (χ4n) is 3.99. The SMILES string of the molecule is CCNC(=O)c1ccc(/C=C/C(=O)NCC(=O)N(C)c2ccc(Cl)c(COc3cccc4ncc(C)nc34)c2Cl)cc1. The van der Waals surface area contributed by atoms with Gasteiger partial charge >= 0.3 is 0 Å². The van der Waals surface area contributed by atoms with Crippen LogP contribution in [0.15, 0.2) is 66.9 Å². The summed E-state index contributed by atoms with van der Waals surface area (Å²) < 4.78 is 6.03. The van der Waals surface area contributed by atoms with Crippen molar-refractivity contribution >= 4 is 63.7 Å². The molecule has 9 nitrogen and oxygen atoms in total. The Bertz CT molecular complexity index is 1660. The summed E-state index contributed by atoms with van der Waals surface area (Å²) in [6.45, 7) is 4.01. The fraction of sp³-hybridized carbons (Fsp3) is 0.194. The zero-order chi connectivity index (χ0) is 30.2. The molecule has 1 heterocycles. The summed E-state index contributed by atoms with van der Waals surface area (Å²) in [5.74, 6) is -0.476. The maximum atomic E-state index is 12.9. The molecule has 0 radical (unpaired) electrons. The molecule has 3 amide bonds. The van der Waals surface area contributed by atoms with E-state index in [0.717, 1.165) is 11.3 Å². The van der Waals surface area contributed by atoms with Crippen molar-refractivity contribution in [1.82, 2.24) is 20.6 Å². The van der Waals surface area contributed by atoms with Gasteiger partial charge in [-0.3, -0.25) is 19.4 Å². The smallest absolute Gasteiger partial charge is 0.251 e. The Balaban J connectivity index is 1.37. The molecule has 0 spiro atoms. The van der Waals surface area contributed by atoms with Crippen LogP contribution in [0.3, 0.4) is 0 Å². The first-order valence-corrected chi connectivity index (χ1v) is 13.9. The lowest BCUT2D eigenvalue weighted by Gasteiger charge is -2.21. The van der Waals surface area contributed by atoms with E-state index in [1.54, 1.807) is 61.8 Å². The average molecular weight is 607 g/mol. The van der Waals surface area contributed by atoms with Crippen LogP contribution in [0, 0.1) is 6.92 Å². The Morgan fingerprint density at radius 2 is 1.79 bits per heavy atom. The Hall–Kier alpha value is -4.47. The molecule has 0 aliphatic carbocycles. The molecule has 4 rings (SSSR count). The van der Waals surface area contributed by atoms with Gasteiger partial charge in [-0.05, 0) is 61.9 Å². The van der Waals surface area contributed by atoms with Gasteiger partial charge in [0.05, 0.1) is 28.5 Å². The molecular formula is C31H29Cl2N5O4. The van der Waals surface area contributed by atoms with Gasteiger partial charge in [0.25, 0.3) is 5.91 Å². The number of carbonyl (C=O) groups excluding carboxylic acids is 3. The zero-order valence-electron chi connectivity index (χ0n) is 23.3. The Labute approximate surface area is 253 Å². The third-order valence-electron chi connectivity index (χ3n) is 6.28. The first-order valence-electron chi connectivity index (χ1n) is 13.1. The third-order valence-corrected chi connectivity index (χ3v) is 7.06. The lowest BCUT2D eigenvalue weighted by Crippen LogP contribution is -2.37. The van der Waals surface area contributed by atoms with Gasteiger partial charge < -0.3 is 20.3 Å². The van der Waals surface area contributed by atoms with Crippen molar-refractivity contribution in [2.45, 2.75) is 20.5 Å². The predicted molar refractivity (Wildman–Crippen MR) is 165 cm³/mol. The fourth-order valence-corrected chi connectivity index (χ4v) is 4.60. The molecule has 2 N–H and O–H groups in total. The number of aryl methyl sites for hydroxylation is 1. The van der Waals surface area contributed by atoms with E-state index < -0.39 is 5.91 Å². The summed E-state index contributed by atoms with van der Waals surface area (Å²) >= 11 is 13.1. The number of nitrogens with zero attached hydrogens (tertiary/aromatic N) is 3. The maximum Gasteiger partial charge on any atom is 0.251 e. The Kier molecular flexibility index (Phi) is 10.1. The first-order chi connectivity index (χ1) is 20.2. The molecule has 0 saturated heterocycles.